The van der Waals surface area contributed by atoms with Crippen LogP contribution in [0.5, 0.6) is 0 Å². The molecule has 3 nitrogen and oxygen atoms in total. The third-order valence-corrected chi connectivity index (χ3v) is 3.00. The van der Waals surface area contributed by atoms with Crippen molar-refractivity contribution in [2.45, 2.75) is 39.7 Å². The maximum atomic E-state index is 4.64. The predicted molar refractivity (Wildman–Crippen MR) is 60.8 cm³/mol. The first-order valence-electron chi connectivity index (χ1n) is 5.77. The topological polar surface area (TPSA) is 29.0 Å². The molecule has 0 radical (unpaired) electrons. The monoisotopic (exact) mass is 205 g/mol. The second-order valence-corrected chi connectivity index (χ2v) is 4.47. The van der Waals surface area contributed by atoms with Gasteiger partial charge in [0, 0.05) is 42.9 Å². The Morgan fingerprint density at radius 3 is 2.93 bits per heavy atom. The van der Waals surface area contributed by atoms with Crippen molar-refractivity contribution in [3.63, 3.8) is 0 Å². The van der Waals surface area contributed by atoms with Gasteiger partial charge in [-0.05, 0) is 6.54 Å². The molecule has 1 aromatic rings. The summed E-state index contributed by atoms with van der Waals surface area (Å²) in [7, 11) is 0. The van der Waals surface area contributed by atoms with Crippen molar-refractivity contribution in [3.05, 3.63) is 23.3 Å². The van der Waals surface area contributed by atoms with Crippen LogP contribution in [0.4, 0.5) is 0 Å². The number of hydrogen-bond donors (Lipinski definition) is 0. The zero-order chi connectivity index (χ0) is 10.8. The Kier molecular flexibility index (Phi) is 3.00. The fourth-order valence-electron chi connectivity index (χ4n) is 1.94. The van der Waals surface area contributed by atoms with Gasteiger partial charge in [0.05, 0.1) is 0 Å². The maximum Gasteiger partial charge on any atom is 0.131 e. The molecule has 0 bridgehead atoms. The molecule has 15 heavy (non-hydrogen) atoms. The molecule has 0 atom stereocenters. The molecule has 0 N–H and O–H groups in total. The molecule has 0 amide bonds. The van der Waals surface area contributed by atoms with E-state index in [2.05, 4.69) is 35.6 Å². The molecule has 0 fully saturated rings. The van der Waals surface area contributed by atoms with Crippen molar-refractivity contribution < 1.29 is 0 Å². The molecule has 1 aliphatic rings. The number of fused-ring (bicyclic) bond motifs is 1. The van der Waals surface area contributed by atoms with Crippen LogP contribution in [0.15, 0.2) is 6.20 Å². The first-order chi connectivity index (χ1) is 7.20. The van der Waals surface area contributed by atoms with E-state index in [1.807, 2.05) is 6.20 Å². The summed E-state index contributed by atoms with van der Waals surface area (Å²) in [5, 5.41) is 0. The Morgan fingerprint density at radius 1 is 1.47 bits per heavy atom. The molecule has 82 valence electrons. The summed E-state index contributed by atoms with van der Waals surface area (Å²) in [6, 6.07) is 0. The van der Waals surface area contributed by atoms with Crippen LogP contribution in [-0.4, -0.2) is 28.0 Å². The van der Waals surface area contributed by atoms with Crippen molar-refractivity contribution in [2.75, 3.05) is 13.1 Å². The first kappa shape index (κ1) is 10.6. The van der Waals surface area contributed by atoms with Crippen LogP contribution in [-0.2, 0) is 13.0 Å². The summed E-state index contributed by atoms with van der Waals surface area (Å²) in [5.41, 5.74) is 2.57. The molecule has 3 heteroatoms. The highest BCUT2D eigenvalue weighted by Gasteiger charge is 2.17. The van der Waals surface area contributed by atoms with Gasteiger partial charge in [0.15, 0.2) is 0 Å². The molecule has 0 aromatic carbocycles. The molecular formula is C12H19N3. The van der Waals surface area contributed by atoms with Crippen LogP contribution in [0.1, 0.15) is 43.8 Å². The third-order valence-electron chi connectivity index (χ3n) is 3.00. The van der Waals surface area contributed by atoms with Crippen LogP contribution in [0, 0.1) is 0 Å². The number of aromatic nitrogens is 2. The summed E-state index contributed by atoms with van der Waals surface area (Å²) in [5.74, 6) is 1.42. The average molecular weight is 205 g/mol. The van der Waals surface area contributed by atoms with E-state index in [4.69, 9.17) is 0 Å². The molecule has 0 saturated heterocycles. The van der Waals surface area contributed by atoms with Gasteiger partial charge in [0.2, 0.25) is 0 Å². The highest BCUT2D eigenvalue weighted by atomic mass is 15.1. The molecule has 0 aliphatic carbocycles. The second kappa shape index (κ2) is 4.27. The van der Waals surface area contributed by atoms with Gasteiger partial charge >= 0.3 is 0 Å². The van der Waals surface area contributed by atoms with E-state index < -0.39 is 0 Å². The summed E-state index contributed by atoms with van der Waals surface area (Å²) < 4.78 is 0. The Balaban J connectivity index is 2.24. The lowest BCUT2D eigenvalue weighted by Gasteiger charge is -2.26. The normalized spacial score (nSPS) is 16.8. The number of rotatable bonds is 2. The highest BCUT2D eigenvalue weighted by Crippen LogP contribution is 2.18. The van der Waals surface area contributed by atoms with E-state index in [0.29, 0.717) is 5.92 Å². The molecule has 2 heterocycles. The molecule has 0 saturated carbocycles. The van der Waals surface area contributed by atoms with Gasteiger partial charge in [0.1, 0.15) is 5.82 Å². The number of hydrogen-bond acceptors (Lipinski definition) is 3. The molecule has 1 aromatic heterocycles. The van der Waals surface area contributed by atoms with E-state index in [0.717, 1.165) is 31.9 Å². The minimum absolute atomic E-state index is 0.430. The molecule has 0 spiro atoms. The zero-order valence-corrected chi connectivity index (χ0v) is 9.82. The molecule has 1 aliphatic heterocycles. The Morgan fingerprint density at radius 2 is 2.27 bits per heavy atom. The third kappa shape index (κ3) is 2.17. The van der Waals surface area contributed by atoms with Crippen molar-refractivity contribution >= 4 is 0 Å². The van der Waals surface area contributed by atoms with E-state index >= 15 is 0 Å². The largest absolute Gasteiger partial charge is 0.299 e. The lowest BCUT2D eigenvalue weighted by atomic mass is 10.1. The van der Waals surface area contributed by atoms with Crippen LogP contribution in [0.3, 0.4) is 0 Å². The van der Waals surface area contributed by atoms with Crippen LogP contribution < -0.4 is 0 Å². The summed E-state index contributed by atoms with van der Waals surface area (Å²) in [6.07, 6.45) is 3.09. The highest BCUT2D eigenvalue weighted by molar-refractivity contribution is 5.21. The van der Waals surface area contributed by atoms with Gasteiger partial charge < -0.3 is 0 Å². The van der Waals surface area contributed by atoms with E-state index in [-0.39, 0.29) is 0 Å². The van der Waals surface area contributed by atoms with Crippen molar-refractivity contribution in [1.29, 1.82) is 0 Å². The second-order valence-electron chi connectivity index (χ2n) is 4.47. The summed E-state index contributed by atoms with van der Waals surface area (Å²) in [4.78, 5) is 11.5. The summed E-state index contributed by atoms with van der Waals surface area (Å²) in [6.45, 7) is 9.76. The van der Waals surface area contributed by atoms with Gasteiger partial charge in [-0.2, -0.15) is 0 Å². The molecular weight excluding hydrogens is 186 g/mol. The molecule has 2 rings (SSSR count). The molecule has 0 unspecified atom stereocenters. The van der Waals surface area contributed by atoms with Crippen molar-refractivity contribution in [2.24, 2.45) is 0 Å². The smallest absolute Gasteiger partial charge is 0.131 e. The maximum absolute atomic E-state index is 4.64. The average Bonchev–Trinajstić information content (AvgIpc) is 2.27. The van der Waals surface area contributed by atoms with Crippen LogP contribution in [0.2, 0.25) is 0 Å². The minimum Gasteiger partial charge on any atom is -0.299 e. The lowest BCUT2D eigenvalue weighted by molar-refractivity contribution is 0.264. The van der Waals surface area contributed by atoms with E-state index in [1.54, 1.807) is 0 Å². The standard InChI is InChI=1S/C12H19N3/c1-4-15-6-5-11-10(8-15)7-13-12(14-11)9(2)3/h7,9H,4-6,8H2,1-3H3. The minimum atomic E-state index is 0.430. The van der Waals surface area contributed by atoms with E-state index in [9.17, 15) is 0 Å². The van der Waals surface area contributed by atoms with Gasteiger partial charge in [0.25, 0.3) is 0 Å². The van der Waals surface area contributed by atoms with Gasteiger partial charge in [-0.15, -0.1) is 0 Å². The fourth-order valence-corrected chi connectivity index (χ4v) is 1.94. The van der Waals surface area contributed by atoms with Crippen LogP contribution >= 0.6 is 0 Å². The van der Waals surface area contributed by atoms with Crippen molar-refractivity contribution in [1.82, 2.24) is 14.9 Å². The van der Waals surface area contributed by atoms with Crippen LogP contribution in [0.25, 0.3) is 0 Å². The van der Waals surface area contributed by atoms with E-state index in [1.165, 1.54) is 11.3 Å². The summed E-state index contributed by atoms with van der Waals surface area (Å²) >= 11 is 0. The zero-order valence-electron chi connectivity index (χ0n) is 9.82. The Labute approximate surface area is 91.5 Å². The first-order valence-corrected chi connectivity index (χ1v) is 5.77. The van der Waals surface area contributed by atoms with Gasteiger partial charge in [-0.1, -0.05) is 20.8 Å². The lowest BCUT2D eigenvalue weighted by Crippen LogP contribution is -2.31. The number of nitrogens with zero attached hydrogens (tertiary/aromatic N) is 3. The van der Waals surface area contributed by atoms with Crippen molar-refractivity contribution in [3.8, 4) is 0 Å². The van der Waals surface area contributed by atoms with Gasteiger partial charge in [-0.25, -0.2) is 9.97 Å². The predicted octanol–water partition coefficient (Wildman–Crippen LogP) is 1.98. The Hall–Kier alpha value is -0.960. The SMILES string of the molecule is CCN1CCc2nc(C(C)C)ncc2C1. The quantitative estimate of drug-likeness (QED) is 0.739. The van der Waals surface area contributed by atoms with Gasteiger partial charge in [-0.3, -0.25) is 4.90 Å². The Bertz CT molecular complexity index is 347. The number of likely N-dealkylation sites (N-methyl/N-ethyl adjacent to an activating group) is 1. The fraction of sp³-hybridized carbons (Fsp3) is 0.667.